The van der Waals surface area contributed by atoms with Crippen LogP contribution < -0.4 is 25.2 Å². The van der Waals surface area contributed by atoms with E-state index in [9.17, 15) is 18.9 Å². The van der Waals surface area contributed by atoms with Gasteiger partial charge in [0.15, 0.2) is 12.3 Å². The van der Waals surface area contributed by atoms with Crippen LogP contribution in [0.4, 0.5) is 0 Å². The molecule has 0 bridgehead atoms. The highest BCUT2D eigenvalue weighted by molar-refractivity contribution is 7.53. The molecule has 1 unspecified atom stereocenters. The molecule has 0 saturated carbocycles. The van der Waals surface area contributed by atoms with Gasteiger partial charge in [0.05, 0.1) is 32.3 Å². The summed E-state index contributed by atoms with van der Waals surface area (Å²) in [5, 5.41) is 0. The molecular formula is C44H49N2O11P. The monoisotopic (exact) mass is 812 g/mol. The van der Waals surface area contributed by atoms with Crippen LogP contribution in [-0.4, -0.2) is 54.7 Å². The average Bonchev–Trinajstić information content (AvgIpc) is 3.54. The van der Waals surface area contributed by atoms with E-state index in [-0.39, 0.29) is 12.4 Å². The molecule has 6 rings (SSSR count). The Bertz CT molecular complexity index is 2270. The lowest BCUT2D eigenvalue weighted by Crippen LogP contribution is -2.42. The number of ether oxygens (including phenoxy) is 5. The van der Waals surface area contributed by atoms with Gasteiger partial charge < -0.3 is 28.2 Å². The molecular weight excluding hydrogens is 763 g/mol. The maximum atomic E-state index is 14.1. The number of rotatable bonds is 15. The van der Waals surface area contributed by atoms with Crippen LogP contribution in [0.25, 0.3) is 0 Å². The normalized spacial score (nSPS) is 19.2. The van der Waals surface area contributed by atoms with Crippen molar-refractivity contribution in [1.82, 2.24) is 9.55 Å². The zero-order valence-electron chi connectivity index (χ0n) is 33.6. The van der Waals surface area contributed by atoms with Gasteiger partial charge in [-0.25, -0.2) is 9.36 Å². The summed E-state index contributed by atoms with van der Waals surface area (Å²) in [7, 11) is -0.685. The van der Waals surface area contributed by atoms with E-state index in [1.54, 1.807) is 47.1 Å². The number of methoxy groups -OCH3 is 2. The molecule has 58 heavy (non-hydrogen) atoms. The first-order chi connectivity index (χ1) is 27.7. The fraction of sp³-hybridized carbons (Fsp3) is 0.341. The summed E-state index contributed by atoms with van der Waals surface area (Å²) in [6, 6.07) is 33.6. The smallest absolute Gasteiger partial charge is 0.376 e. The summed E-state index contributed by atoms with van der Waals surface area (Å²) in [6.45, 7) is 8.36. The summed E-state index contributed by atoms with van der Waals surface area (Å²) >= 11 is 0. The van der Waals surface area contributed by atoms with Gasteiger partial charge in [0.25, 0.3) is 5.56 Å². The number of H-pyrrole nitrogens is 1. The first-order valence-corrected chi connectivity index (χ1v) is 20.9. The highest BCUT2D eigenvalue weighted by Crippen LogP contribution is 2.50. The Hall–Kier alpha value is -5.46. The molecule has 1 aliphatic rings. The molecule has 4 aromatic carbocycles. The van der Waals surface area contributed by atoms with Crippen molar-refractivity contribution in [3.05, 3.63) is 158 Å². The Balaban J connectivity index is 1.25. The van der Waals surface area contributed by atoms with Crippen molar-refractivity contribution in [2.75, 3.05) is 20.9 Å². The summed E-state index contributed by atoms with van der Waals surface area (Å²) in [5.41, 5.74) is 0.164. The Morgan fingerprint density at radius 1 is 0.776 bits per heavy atom. The molecule has 0 spiro atoms. The van der Waals surface area contributed by atoms with E-state index >= 15 is 0 Å². The molecule has 14 heteroatoms. The number of hydrogen-bond donors (Lipinski definition) is 1. The van der Waals surface area contributed by atoms with Gasteiger partial charge >= 0.3 is 19.3 Å². The largest absolute Gasteiger partial charge is 0.497 e. The van der Waals surface area contributed by atoms with Crippen LogP contribution in [0, 0.1) is 5.41 Å². The molecule has 1 aliphatic heterocycles. The van der Waals surface area contributed by atoms with E-state index in [1.807, 2.05) is 97.9 Å². The van der Waals surface area contributed by atoms with Gasteiger partial charge in [0.1, 0.15) is 29.0 Å². The topological polar surface area (TPSA) is 154 Å². The summed E-state index contributed by atoms with van der Waals surface area (Å²) in [5.74, 6) is 1.10. The molecule has 1 fully saturated rings. The summed E-state index contributed by atoms with van der Waals surface area (Å²) in [4.78, 5) is 40.0. The molecule has 0 radical (unpaired) electrons. The van der Waals surface area contributed by atoms with Crippen LogP contribution >= 0.6 is 7.60 Å². The van der Waals surface area contributed by atoms with Crippen LogP contribution in [0.2, 0.25) is 0 Å². The molecule has 1 saturated heterocycles. The van der Waals surface area contributed by atoms with E-state index in [2.05, 4.69) is 4.98 Å². The van der Waals surface area contributed by atoms with Crippen LogP contribution in [-0.2, 0) is 40.3 Å². The van der Waals surface area contributed by atoms with Gasteiger partial charge in [-0.15, -0.1) is 0 Å². The lowest BCUT2D eigenvalue weighted by Gasteiger charge is -2.36. The highest BCUT2D eigenvalue weighted by Gasteiger charge is 2.51. The summed E-state index contributed by atoms with van der Waals surface area (Å²) < 4.78 is 57.3. The molecule has 2 heterocycles. The van der Waals surface area contributed by atoms with Gasteiger partial charge in [-0.2, -0.15) is 0 Å². The van der Waals surface area contributed by atoms with E-state index in [4.69, 9.17) is 32.7 Å². The second kappa shape index (κ2) is 17.6. The molecule has 0 aliphatic carbocycles. The summed E-state index contributed by atoms with van der Waals surface area (Å²) in [6.07, 6.45) is -2.62. The minimum absolute atomic E-state index is 0.178. The standard InChI is InChI=1S/C44H49N2O11P/c1-8-36-38(39(55-41(48)43(2,3)4)40(54-36)46-27-26-37(47)45-42(46)49)57-58(7,50)56-35-20-14-29(15-21-35)28-53-44(30-12-10-9-11-13-30,31-16-22-33(51-5)23-17-31)32-18-24-34(52-6)25-19-32/h9-27,36,38-40H,8,28H2,1-7H3,(H,45,47,49)/t36-,38-,39-,40-,58?/m1/s1. The lowest BCUT2D eigenvalue weighted by molar-refractivity contribution is -0.167. The lowest BCUT2D eigenvalue weighted by atomic mass is 9.80. The van der Waals surface area contributed by atoms with E-state index in [0.717, 1.165) is 32.9 Å². The van der Waals surface area contributed by atoms with Crippen LogP contribution in [0.3, 0.4) is 0 Å². The van der Waals surface area contributed by atoms with Gasteiger partial charge in [-0.3, -0.25) is 23.7 Å². The Morgan fingerprint density at radius 3 is 1.84 bits per heavy atom. The number of nitrogens with one attached hydrogen (secondary N) is 1. The third-order valence-electron chi connectivity index (χ3n) is 9.81. The highest BCUT2D eigenvalue weighted by atomic mass is 31.2. The number of benzene rings is 4. The minimum atomic E-state index is -3.93. The Labute approximate surface area is 337 Å². The average molecular weight is 813 g/mol. The number of aromatic nitrogens is 2. The Morgan fingerprint density at radius 2 is 1.33 bits per heavy atom. The maximum Gasteiger partial charge on any atom is 0.376 e. The van der Waals surface area contributed by atoms with Gasteiger partial charge in [0, 0.05) is 18.9 Å². The van der Waals surface area contributed by atoms with Crippen molar-refractivity contribution in [3.8, 4) is 17.2 Å². The van der Waals surface area contributed by atoms with Crippen molar-refractivity contribution >= 4 is 13.6 Å². The van der Waals surface area contributed by atoms with Crippen molar-refractivity contribution in [1.29, 1.82) is 0 Å². The van der Waals surface area contributed by atoms with E-state index < -0.39 is 60.4 Å². The predicted octanol–water partition coefficient (Wildman–Crippen LogP) is 7.61. The second-order valence-electron chi connectivity index (χ2n) is 15.0. The van der Waals surface area contributed by atoms with Crippen LogP contribution in [0.1, 0.15) is 62.6 Å². The quantitative estimate of drug-likeness (QED) is 0.0631. The maximum absolute atomic E-state index is 14.1. The third-order valence-corrected chi connectivity index (χ3v) is 11.0. The zero-order chi connectivity index (χ0) is 41.7. The van der Waals surface area contributed by atoms with Crippen molar-refractivity contribution < 1.29 is 42.1 Å². The first-order valence-electron chi connectivity index (χ1n) is 18.9. The van der Waals surface area contributed by atoms with Crippen molar-refractivity contribution in [2.45, 2.75) is 70.9 Å². The van der Waals surface area contributed by atoms with Gasteiger partial charge in [0.2, 0.25) is 0 Å². The fourth-order valence-corrected chi connectivity index (χ4v) is 8.03. The first kappa shape index (κ1) is 42.2. The SMILES string of the molecule is CC[C@H]1O[C@@H](n2ccc(=O)[nH]c2=O)[C@H](OC(=O)C(C)(C)C)[C@@H]1OP(C)(=O)Oc1ccc(COC(c2ccccc2)(c2ccc(OC)cc2)c2ccc(OC)cc2)cc1. The number of esters is 1. The minimum Gasteiger partial charge on any atom is -0.497 e. The molecule has 1 aromatic heterocycles. The fourth-order valence-electron chi connectivity index (χ4n) is 6.79. The second-order valence-corrected chi connectivity index (χ2v) is 16.9. The molecule has 13 nitrogen and oxygen atoms in total. The number of nitrogens with zero attached hydrogens (tertiary/aromatic N) is 1. The van der Waals surface area contributed by atoms with Crippen LogP contribution in [0.15, 0.2) is 125 Å². The van der Waals surface area contributed by atoms with Gasteiger partial charge in [-0.1, -0.05) is 73.7 Å². The van der Waals surface area contributed by atoms with E-state index in [1.165, 1.54) is 12.9 Å². The van der Waals surface area contributed by atoms with Crippen molar-refractivity contribution in [2.24, 2.45) is 5.41 Å². The third kappa shape index (κ3) is 9.29. The predicted molar refractivity (Wildman–Crippen MR) is 217 cm³/mol. The zero-order valence-corrected chi connectivity index (χ0v) is 34.5. The van der Waals surface area contributed by atoms with E-state index in [0.29, 0.717) is 17.9 Å². The van der Waals surface area contributed by atoms with Crippen LogP contribution in [0.5, 0.6) is 17.2 Å². The van der Waals surface area contributed by atoms with Crippen molar-refractivity contribution in [3.63, 3.8) is 0 Å². The Kier molecular flexibility index (Phi) is 12.8. The number of carbonyl (C=O) groups is 1. The number of aromatic amines is 1. The van der Waals surface area contributed by atoms with Gasteiger partial charge in [-0.05, 0) is 85.8 Å². The molecule has 5 atom stereocenters. The molecule has 306 valence electrons. The molecule has 0 amide bonds. The molecule has 1 N–H and O–H groups in total. The number of carbonyl (C=O) groups excluding carboxylic acids is 1. The number of hydrogen-bond acceptors (Lipinski definition) is 11. The molecule has 5 aromatic rings.